The minimum Gasteiger partial charge on any atom is -0.234 e. The molecular weight excluding hydrogens is 381 g/mol. The van der Waals surface area contributed by atoms with E-state index in [1.54, 1.807) is 6.92 Å². The molecule has 2 aromatic heterocycles. The van der Waals surface area contributed by atoms with Crippen LogP contribution in [0.4, 0.5) is 13.2 Å². The van der Waals surface area contributed by atoms with Gasteiger partial charge in [-0.3, -0.25) is 0 Å². The van der Waals surface area contributed by atoms with Crippen LogP contribution in [0.2, 0.25) is 0 Å². The van der Waals surface area contributed by atoms with Crippen molar-refractivity contribution in [2.24, 2.45) is 0 Å². The Labute approximate surface area is 155 Å². The lowest BCUT2D eigenvalue weighted by Crippen LogP contribution is -2.40. The summed E-state index contributed by atoms with van der Waals surface area (Å²) in [5, 5.41) is 4.13. The summed E-state index contributed by atoms with van der Waals surface area (Å²) >= 11 is 0. The highest BCUT2D eigenvalue weighted by atomic mass is 32.2. The summed E-state index contributed by atoms with van der Waals surface area (Å²) in [7, 11) is -3.46. The van der Waals surface area contributed by atoms with Gasteiger partial charge in [-0.1, -0.05) is 13.0 Å². The van der Waals surface area contributed by atoms with E-state index >= 15 is 0 Å². The Bertz CT molecular complexity index is 953. The molecule has 3 rings (SSSR count). The number of hydrogen-bond donors (Lipinski definition) is 0. The summed E-state index contributed by atoms with van der Waals surface area (Å²) in [5.74, 6) is -0.434. The van der Waals surface area contributed by atoms with Crippen LogP contribution in [0.15, 0.2) is 24.8 Å². The molecule has 0 spiro atoms. The van der Waals surface area contributed by atoms with Crippen molar-refractivity contribution < 1.29 is 21.6 Å². The molecule has 0 N–H and O–H groups in total. The molecule has 10 heteroatoms. The van der Waals surface area contributed by atoms with Crippen molar-refractivity contribution in [1.29, 1.82) is 0 Å². The number of alkyl halides is 3. The van der Waals surface area contributed by atoms with Gasteiger partial charge in [-0.25, -0.2) is 22.2 Å². The van der Waals surface area contributed by atoms with Crippen molar-refractivity contribution in [3.8, 4) is 0 Å². The number of halogens is 3. The van der Waals surface area contributed by atoms with Gasteiger partial charge in [0, 0.05) is 30.8 Å². The minimum atomic E-state index is -4.56. The first-order valence-electron chi connectivity index (χ1n) is 8.71. The molecule has 0 unspecified atom stereocenters. The third-order valence-corrected chi connectivity index (χ3v) is 6.45. The lowest BCUT2D eigenvalue weighted by Gasteiger charge is -2.30. The number of aromatic nitrogens is 3. The third kappa shape index (κ3) is 4.01. The van der Waals surface area contributed by atoms with Crippen LogP contribution in [0, 0.1) is 0 Å². The molecule has 0 radical (unpaired) electrons. The molecule has 0 aliphatic carbocycles. The topological polar surface area (TPSA) is 67.6 Å². The number of hydrogen-bond acceptors (Lipinski definition) is 4. The Morgan fingerprint density at radius 1 is 1.37 bits per heavy atom. The fourth-order valence-corrected chi connectivity index (χ4v) is 4.64. The molecule has 0 aromatic carbocycles. The van der Waals surface area contributed by atoms with E-state index in [1.165, 1.54) is 16.4 Å². The summed E-state index contributed by atoms with van der Waals surface area (Å²) in [4.78, 5) is 4.24. The second kappa shape index (κ2) is 7.23. The standard InChI is InChI=1S/C17H21F3N4O2S/c1-3-8-27(25,26)23-7-5-6-12(11-23)14-10-16-21-13(4-2)9-15(17(18,19)20)24(16)22-14/h3,9-10,12H,1,4-8,11H2,2H3/t12-/m0/s1. The van der Waals surface area contributed by atoms with E-state index in [0.29, 0.717) is 37.2 Å². The fraction of sp³-hybridized carbons (Fsp3) is 0.529. The van der Waals surface area contributed by atoms with Gasteiger partial charge in [-0.2, -0.15) is 18.3 Å². The zero-order valence-corrected chi connectivity index (χ0v) is 15.7. The van der Waals surface area contributed by atoms with Crippen LogP contribution in [-0.4, -0.2) is 46.2 Å². The van der Waals surface area contributed by atoms with Gasteiger partial charge in [0.1, 0.15) is 5.69 Å². The third-order valence-electron chi connectivity index (χ3n) is 4.68. The van der Waals surface area contributed by atoms with E-state index in [2.05, 4.69) is 16.7 Å². The molecule has 3 heterocycles. The first-order chi connectivity index (χ1) is 12.7. The number of rotatable bonds is 5. The Hall–Kier alpha value is -1.94. The quantitative estimate of drug-likeness (QED) is 0.721. The number of piperidine rings is 1. The maximum Gasteiger partial charge on any atom is 0.433 e. The van der Waals surface area contributed by atoms with Crippen molar-refractivity contribution in [3.63, 3.8) is 0 Å². The van der Waals surface area contributed by atoms with Gasteiger partial charge in [-0.05, 0) is 25.3 Å². The summed E-state index contributed by atoms with van der Waals surface area (Å²) < 4.78 is 66.9. The highest BCUT2D eigenvalue weighted by Crippen LogP contribution is 2.32. The highest BCUT2D eigenvalue weighted by Gasteiger charge is 2.36. The number of sulfonamides is 1. The Balaban J connectivity index is 1.99. The molecule has 1 saturated heterocycles. The molecule has 1 atom stereocenters. The monoisotopic (exact) mass is 402 g/mol. The lowest BCUT2D eigenvalue weighted by atomic mass is 9.96. The average Bonchev–Trinajstić information content (AvgIpc) is 3.04. The van der Waals surface area contributed by atoms with Crippen molar-refractivity contribution in [1.82, 2.24) is 18.9 Å². The van der Waals surface area contributed by atoms with Crippen LogP contribution >= 0.6 is 0 Å². The van der Waals surface area contributed by atoms with Crippen molar-refractivity contribution in [3.05, 3.63) is 41.9 Å². The smallest absolute Gasteiger partial charge is 0.234 e. The van der Waals surface area contributed by atoms with E-state index < -0.39 is 21.9 Å². The largest absolute Gasteiger partial charge is 0.433 e. The maximum absolute atomic E-state index is 13.4. The molecule has 0 saturated carbocycles. The molecule has 148 valence electrons. The van der Waals surface area contributed by atoms with Crippen molar-refractivity contribution in [2.75, 3.05) is 18.8 Å². The summed E-state index contributed by atoms with van der Waals surface area (Å²) in [6.45, 7) is 5.79. The first kappa shape index (κ1) is 19.8. The molecule has 27 heavy (non-hydrogen) atoms. The molecule has 1 aliphatic rings. The van der Waals surface area contributed by atoms with Crippen LogP contribution < -0.4 is 0 Å². The van der Waals surface area contributed by atoms with E-state index in [4.69, 9.17) is 0 Å². The SMILES string of the molecule is C=CCS(=O)(=O)N1CCC[C@H](c2cc3nc(CC)cc(C(F)(F)F)n3n2)C1. The molecule has 1 aliphatic heterocycles. The Morgan fingerprint density at radius 2 is 2.11 bits per heavy atom. The van der Waals surface area contributed by atoms with Crippen LogP contribution in [-0.2, 0) is 22.6 Å². The van der Waals surface area contributed by atoms with Crippen LogP contribution in [0.25, 0.3) is 5.65 Å². The van der Waals surface area contributed by atoms with Gasteiger partial charge in [0.2, 0.25) is 10.0 Å². The second-order valence-corrected chi connectivity index (χ2v) is 8.60. The molecule has 0 bridgehead atoms. The van der Waals surface area contributed by atoms with E-state index in [-0.39, 0.29) is 23.9 Å². The summed E-state index contributed by atoms with van der Waals surface area (Å²) in [6, 6.07) is 2.54. The number of fused-ring (bicyclic) bond motifs is 1. The Morgan fingerprint density at radius 3 is 2.74 bits per heavy atom. The predicted molar refractivity (Wildman–Crippen MR) is 94.9 cm³/mol. The summed E-state index contributed by atoms with van der Waals surface area (Å²) in [6.07, 6.45) is -1.58. The highest BCUT2D eigenvalue weighted by molar-refractivity contribution is 7.89. The molecule has 2 aromatic rings. The fourth-order valence-electron chi connectivity index (χ4n) is 3.32. The van der Waals surface area contributed by atoms with Gasteiger partial charge in [-0.15, -0.1) is 6.58 Å². The first-order valence-corrected chi connectivity index (χ1v) is 10.3. The van der Waals surface area contributed by atoms with Gasteiger partial charge in [0.05, 0.1) is 11.4 Å². The zero-order valence-electron chi connectivity index (χ0n) is 14.9. The average molecular weight is 402 g/mol. The van der Waals surface area contributed by atoms with Gasteiger partial charge in [0.25, 0.3) is 0 Å². The molecule has 0 amide bonds. The van der Waals surface area contributed by atoms with Crippen LogP contribution in [0.1, 0.15) is 42.8 Å². The van der Waals surface area contributed by atoms with Crippen LogP contribution in [0.3, 0.4) is 0 Å². The molecule has 6 nitrogen and oxygen atoms in total. The van der Waals surface area contributed by atoms with E-state index in [9.17, 15) is 21.6 Å². The lowest BCUT2D eigenvalue weighted by molar-refractivity contribution is -0.142. The predicted octanol–water partition coefficient (Wildman–Crippen LogP) is 3.01. The van der Waals surface area contributed by atoms with Gasteiger partial charge < -0.3 is 0 Å². The zero-order chi connectivity index (χ0) is 19.8. The maximum atomic E-state index is 13.4. The van der Waals surface area contributed by atoms with Crippen molar-refractivity contribution in [2.45, 2.75) is 38.3 Å². The normalized spacial score (nSPS) is 19.5. The minimum absolute atomic E-state index is 0.128. The molecule has 1 fully saturated rings. The van der Waals surface area contributed by atoms with Crippen molar-refractivity contribution >= 4 is 15.7 Å². The van der Waals surface area contributed by atoms with Gasteiger partial charge in [0.15, 0.2) is 5.65 Å². The summed E-state index contributed by atoms with van der Waals surface area (Å²) in [5.41, 5.74) is 0.0187. The number of nitrogens with zero attached hydrogens (tertiary/aromatic N) is 4. The molecular formula is C17H21F3N4O2S. The second-order valence-electron chi connectivity index (χ2n) is 6.59. The van der Waals surface area contributed by atoms with E-state index in [0.717, 1.165) is 10.6 Å². The van der Waals surface area contributed by atoms with E-state index in [1.807, 2.05) is 0 Å². The van der Waals surface area contributed by atoms with Gasteiger partial charge >= 0.3 is 6.18 Å². The Kier molecular flexibility index (Phi) is 5.31. The van der Waals surface area contributed by atoms with Crippen LogP contribution in [0.5, 0.6) is 0 Å². The number of aryl methyl sites for hydroxylation is 1.